The van der Waals surface area contributed by atoms with Crippen LogP contribution in [0.4, 0.5) is 0 Å². The average molecular weight is 347 g/mol. The van der Waals surface area contributed by atoms with E-state index in [0.29, 0.717) is 0 Å². The lowest BCUT2D eigenvalue weighted by Crippen LogP contribution is -2.39. The number of pyridine rings is 1. The molecule has 1 N–H and O–H groups in total. The van der Waals surface area contributed by atoms with E-state index in [1.54, 1.807) is 0 Å². The summed E-state index contributed by atoms with van der Waals surface area (Å²) in [5.74, 6) is 0. The Hall–Kier alpha value is -1.19. The minimum atomic E-state index is 0.111. The minimum absolute atomic E-state index is 0.111. The first-order chi connectivity index (χ1) is 10.2. The maximum Gasteiger partial charge on any atom is 0.0410 e. The molecule has 0 amide bonds. The Balaban J connectivity index is 2.35. The summed E-state index contributed by atoms with van der Waals surface area (Å²) in [6, 6.07) is 13.0. The second-order valence-electron chi connectivity index (χ2n) is 5.47. The maximum absolute atomic E-state index is 4.31. The van der Waals surface area contributed by atoms with E-state index in [1.807, 2.05) is 12.4 Å². The molecule has 0 saturated heterocycles. The molecule has 0 saturated carbocycles. The summed E-state index contributed by atoms with van der Waals surface area (Å²) in [5, 5.41) is 3.54. The lowest BCUT2D eigenvalue weighted by molar-refractivity contribution is 0.381. The van der Waals surface area contributed by atoms with Gasteiger partial charge in [-0.05, 0) is 52.5 Å². The van der Waals surface area contributed by atoms with Crippen molar-refractivity contribution in [3.8, 4) is 0 Å². The van der Waals surface area contributed by atoms with Gasteiger partial charge in [-0.3, -0.25) is 4.98 Å². The quantitative estimate of drug-likeness (QED) is 0.806. The van der Waals surface area contributed by atoms with Gasteiger partial charge in [-0.25, -0.2) is 0 Å². The molecule has 0 aliphatic heterocycles. The summed E-state index contributed by atoms with van der Waals surface area (Å²) in [5.41, 5.74) is 2.78. The summed E-state index contributed by atoms with van der Waals surface area (Å²) in [6.45, 7) is 6.41. The molecule has 0 aliphatic carbocycles. The molecule has 0 bridgehead atoms. The highest BCUT2D eigenvalue weighted by atomic mass is 79.9. The van der Waals surface area contributed by atoms with Crippen molar-refractivity contribution in [2.75, 3.05) is 13.1 Å². The van der Waals surface area contributed by atoms with Crippen LogP contribution in [0.25, 0.3) is 0 Å². The first-order valence-electron chi connectivity index (χ1n) is 7.56. The van der Waals surface area contributed by atoms with Crippen molar-refractivity contribution in [3.05, 3.63) is 64.4 Å². The van der Waals surface area contributed by atoms with Crippen molar-refractivity contribution < 1.29 is 0 Å². The Morgan fingerprint density at radius 1 is 1.14 bits per heavy atom. The smallest absolute Gasteiger partial charge is 0.0410 e. The predicted octanol–water partition coefficient (Wildman–Crippen LogP) is 4.34. The second-order valence-corrected chi connectivity index (χ2v) is 6.38. The van der Waals surface area contributed by atoms with Crippen LogP contribution in [-0.2, 0) is 11.8 Å². The number of likely N-dealkylation sites (N-methyl/N-ethyl adjacent to an activating group) is 1. The SMILES string of the molecule is CCNCC(CC)(Cc1cncc(Br)c1)c1ccccc1. The fourth-order valence-corrected chi connectivity index (χ4v) is 3.23. The molecule has 1 heterocycles. The number of aromatic nitrogens is 1. The number of benzene rings is 1. The van der Waals surface area contributed by atoms with Crippen molar-refractivity contribution in [2.45, 2.75) is 32.1 Å². The highest BCUT2D eigenvalue weighted by Crippen LogP contribution is 2.32. The first-order valence-corrected chi connectivity index (χ1v) is 8.35. The van der Waals surface area contributed by atoms with Gasteiger partial charge >= 0.3 is 0 Å². The van der Waals surface area contributed by atoms with Gasteiger partial charge in [-0.15, -0.1) is 0 Å². The second kappa shape index (κ2) is 7.71. The molecule has 21 heavy (non-hydrogen) atoms. The lowest BCUT2D eigenvalue weighted by atomic mass is 9.73. The molecule has 2 nitrogen and oxygen atoms in total. The van der Waals surface area contributed by atoms with Gasteiger partial charge < -0.3 is 5.32 Å². The number of nitrogens with one attached hydrogen (secondary N) is 1. The highest BCUT2D eigenvalue weighted by molar-refractivity contribution is 9.10. The van der Waals surface area contributed by atoms with Crippen LogP contribution in [0.3, 0.4) is 0 Å². The molecule has 1 aromatic carbocycles. The van der Waals surface area contributed by atoms with Crippen molar-refractivity contribution in [1.82, 2.24) is 10.3 Å². The van der Waals surface area contributed by atoms with E-state index in [1.165, 1.54) is 11.1 Å². The number of nitrogens with zero attached hydrogens (tertiary/aromatic N) is 1. The maximum atomic E-state index is 4.31. The van der Waals surface area contributed by atoms with Crippen molar-refractivity contribution in [2.24, 2.45) is 0 Å². The number of hydrogen-bond acceptors (Lipinski definition) is 2. The van der Waals surface area contributed by atoms with E-state index in [0.717, 1.165) is 30.4 Å². The van der Waals surface area contributed by atoms with Gasteiger partial charge in [0.2, 0.25) is 0 Å². The Morgan fingerprint density at radius 3 is 2.52 bits per heavy atom. The zero-order valence-electron chi connectivity index (χ0n) is 12.8. The van der Waals surface area contributed by atoms with Crippen LogP contribution in [-0.4, -0.2) is 18.1 Å². The average Bonchev–Trinajstić information content (AvgIpc) is 2.52. The molecule has 3 heteroatoms. The molecular weight excluding hydrogens is 324 g/mol. The lowest BCUT2D eigenvalue weighted by Gasteiger charge is -2.34. The fourth-order valence-electron chi connectivity index (χ4n) is 2.82. The third kappa shape index (κ3) is 4.14. The molecule has 0 aliphatic rings. The van der Waals surface area contributed by atoms with Crippen LogP contribution in [0.15, 0.2) is 53.3 Å². The number of rotatable bonds is 7. The molecule has 112 valence electrons. The summed E-state index contributed by atoms with van der Waals surface area (Å²) in [7, 11) is 0. The number of hydrogen-bond donors (Lipinski definition) is 1. The zero-order chi connectivity index (χ0) is 15.1. The van der Waals surface area contributed by atoms with Crippen LogP contribution < -0.4 is 5.32 Å². The normalized spacial score (nSPS) is 13.9. The molecule has 0 fully saturated rings. The summed E-state index contributed by atoms with van der Waals surface area (Å²) in [6.07, 6.45) is 5.90. The summed E-state index contributed by atoms with van der Waals surface area (Å²) >= 11 is 3.52. The summed E-state index contributed by atoms with van der Waals surface area (Å²) < 4.78 is 1.04. The van der Waals surface area contributed by atoms with Gasteiger partial charge in [0.25, 0.3) is 0 Å². The predicted molar refractivity (Wildman–Crippen MR) is 92.6 cm³/mol. The Kier molecular flexibility index (Phi) is 5.95. The molecule has 2 rings (SSSR count). The highest BCUT2D eigenvalue weighted by Gasteiger charge is 2.30. The van der Waals surface area contributed by atoms with Crippen LogP contribution in [0.1, 0.15) is 31.4 Å². The number of halogens is 1. The zero-order valence-corrected chi connectivity index (χ0v) is 14.4. The topological polar surface area (TPSA) is 24.9 Å². The van der Waals surface area contributed by atoms with Gasteiger partial charge in [0.05, 0.1) is 0 Å². The summed E-state index contributed by atoms with van der Waals surface area (Å²) in [4.78, 5) is 4.31. The Labute approximate surface area is 136 Å². The van der Waals surface area contributed by atoms with Gasteiger partial charge in [-0.2, -0.15) is 0 Å². The van der Waals surface area contributed by atoms with Gasteiger partial charge in [0.15, 0.2) is 0 Å². The Morgan fingerprint density at radius 2 is 1.90 bits per heavy atom. The molecule has 1 unspecified atom stereocenters. The molecule has 0 radical (unpaired) electrons. The monoisotopic (exact) mass is 346 g/mol. The van der Waals surface area contributed by atoms with Gasteiger partial charge in [0.1, 0.15) is 0 Å². The van der Waals surface area contributed by atoms with E-state index in [2.05, 4.69) is 76.5 Å². The molecular formula is C18H23BrN2. The van der Waals surface area contributed by atoms with Crippen LogP contribution in [0.2, 0.25) is 0 Å². The molecule has 0 spiro atoms. The van der Waals surface area contributed by atoms with Crippen LogP contribution in [0, 0.1) is 0 Å². The van der Waals surface area contributed by atoms with E-state index in [9.17, 15) is 0 Å². The standard InChI is InChI=1S/C18H23BrN2/c1-3-18(14-20-4-2,16-8-6-5-7-9-16)11-15-10-17(19)13-21-12-15/h5-10,12-13,20H,3-4,11,14H2,1-2H3. The van der Waals surface area contributed by atoms with Gasteiger partial charge in [-0.1, -0.05) is 44.2 Å². The third-order valence-electron chi connectivity index (χ3n) is 4.08. The van der Waals surface area contributed by atoms with Crippen molar-refractivity contribution >= 4 is 15.9 Å². The van der Waals surface area contributed by atoms with E-state index >= 15 is 0 Å². The largest absolute Gasteiger partial charge is 0.316 e. The molecule has 1 atom stereocenters. The van der Waals surface area contributed by atoms with Crippen LogP contribution in [0.5, 0.6) is 0 Å². The Bertz CT molecular complexity index is 556. The van der Waals surface area contributed by atoms with E-state index < -0.39 is 0 Å². The van der Waals surface area contributed by atoms with Crippen molar-refractivity contribution in [1.29, 1.82) is 0 Å². The van der Waals surface area contributed by atoms with E-state index in [4.69, 9.17) is 0 Å². The van der Waals surface area contributed by atoms with E-state index in [-0.39, 0.29) is 5.41 Å². The van der Waals surface area contributed by atoms with Crippen molar-refractivity contribution in [3.63, 3.8) is 0 Å². The first kappa shape index (κ1) is 16.2. The van der Waals surface area contributed by atoms with Gasteiger partial charge in [0, 0.05) is 28.8 Å². The minimum Gasteiger partial charge on any atom is -0.316 e. The molecule has 1 aromatic heterocycles. The third-order valence-corrected chi connectivity index (χ3v) is 4.51. The molecule has 2 aromatic rings. The van der Waals surface area contributed by atoms with Crippen LogP contribution >= 0.6 is 15.9 Å². The fraction of sp³-hybridized carbons (Fsp3) is 0.389.